The van der Waals surface area contributed by atoms with Gasteiger partial charge in [0.1, 0.15) is 12.6 Å². The van der Waals surface area contributed by atoms with Gasteiger partial charge in [0.25, 0.3) is 0 Å². The Bertz CT molecular complexity index is 1100. The number of pyridine rings is 1. The summed E-state index contributed by atoms with van der Waals surface area (Å²) in [6.45, 7) is 0.340. The highest BCUT2D eigenvalue weighted by molar-refractivity contribution is 5.82. The number of ether oxygens (including phenoxy) is 1. The standard InChI is InChI=1S/C24H20N2O4/c27-23(28)22-12-21-15(6-5-11-25-21)13-26(22)24(29)30-14-20-18-9-3-1-7-16(18)17-8-2-4-10-19(17)20/h1-11,20,22H,12-14H2,(H,27,28)/t22-/m1/s1. The summed E-state index contributed by atoms with van der Waals surface area (Å²) in [5.74, 6) is -1.12. The molecule has 2 heterocycles. The second-order valence-corrected chi connectivity index (χ2v) is 7.60. The van der Waals surface area contributed by atoms with Gasteiger partial charge in [-0.1, -0.05) is 54.6 Å². The maximum atomic E-state index is 12.9. The van der Waals surface area contributed by atoms with Crippen LogP contribution in [-0.4, -0.2) is 39.7 Å². The summed E-state index contributed by atoms with van der Waals surface area (Å²) in [6, 6.07) is 18.9. The van der Waals surface area contributed by atoms with Gasteiger partial charge in [0.15, 0.2) is 0 Å². The highest BCUT2D eigenvalue weighted by atomic mass is 16.6. The number of fused-ring (bicyclic) bond motifs is 4. The molecule has 5 rings (SSSR count). The second-order valence-electron chi connectivity index (χ2n) is 7.60. The Morgan fingerprint density at radius 3 is 2.33 bits per heavy atom. The third-order valence-corrected chi connectivity index (χ3v) is 5.94. The first kappa shape index (κ1) is 18.4. The average Bonchev–Trinajstić information content (AvgIpc) is 3.10. The number of amides is 1. The normalized spacial score (nSPS) is 17.1. The topological polar surface area (TPSA) is 79.7 Å². The van der Waals surface area contributed by atoms with E-state index in [1.165, 1.54) is 4.90 Å². The highest BCUT2D eigenvalue weighted by Gasteiger charge is 2.37. The molecule has 0 bridgehead atoms. The molecule has 6 nitrogen and oxygen atoms in total. The Morgan fingerprint density at radius 2 is 1.67 bits per heavy atom. The minimum Gasteiger partial charge on any atom is -0.480 e. The van der Waals surface area contributed by atoms with E-state index in [4.69, 9.17) is 4.74 Å². The van der Waals surface area contributed by atoms with Crippen LogP contribution in [0.4, 0.5) is 4.79 Å². The quantitative estimate of drug-likeness (QED) is 0.723. The number of carboxylic acids is 1. The third-order valence-electron chi connectivity index (χ3n) is 5.94. The first-order chi connectivity index (χ1) is 14.6. The largest absolute Gasteiger partial charge is 0.480 e. The number of nitrogens with zero attached hydrogens (tertiary/aromatic N) is 2. The molecule has 150 valence electrons. The molecule has 1 atom stereocenters. The smallest absolute Gasteiger partial charge is 0.410 e. The third kappa shape index (κ3) is 3.01. The summed E-state index contributed by atoms with van der Waals surface area (Å²) >= 11 is 0. The number of carbonyl (C=O) groups excluding carboxylic acids is 1. The lowest BCUT2D eigenvalue weighted by atomic mass is 9.98. The maximum Gasteiger partial charge on any atom is 0.410 e. The maximum absolute atomic E-state index is 12.9. The van der Waals surface area contributed by atoms with E-state index >= 15 is 0 Å². The van der Waals surface area contributed by atoms with E-state index in [1.807, 2.05) is 30.3 Å². The van der Waals surface area contributed by atoms with Crippen molar-refractivity contribution in [1.82, 2.24) is 9.88 Å². The number of aliphatic carboxylic acids is 1. The summed E-state index contributed by atoms with van der Waals surface area (Å²) in [5, 5.41) is 9.65. The van der Waals surface area contributed by atoms with Crippen LogP contribution in [0.15, 0.2) is 66.9 Å². The zero-order valence-electron chi connectivity index (χ0n) is 16.2. The zero-order chi connectivity index (χ0) is 20.7. The van der Waals surface area contributed by atoms with Crippen molar-refractivity contribution in [2.75, 3.05) is 6.61 Å². The van der Waals surface area contributed by atoms with E-state index in [2.05, 4.69) is 29.2 Å². The van der Waals surface area contributed by atoms with Crippen LogP contribution < -0.4 is 0 Å². The Hall–Kier alpha value is -3.67. The molecule has 0 saturated carbocycles. The van der Waals surface area contributed by atoms with Crippen LogP contribution in [0.3, 0.4) is 0 Å². The summed E-state index contributed by atoms with van der Waals surface area (Å²) in [6.07, 6.45) is 1.20. The molecular formula is C24H20N2O4. The molecule has 2 aliphatic rings. The SMILES string of the molecule is O=C(O)[C@H]1Cc2ncccc2CN1C(=O)OCC1c2ccccc2-c2ccccc21. The minimum absolute atomic E-state index is 0.0663. The molecule has 3 aromatic rings. The molecule has 2 aromatic carbocycles. The van der Waals surface area contributed by atoms with Gasteiger partial charge in [0.2, 0.25) is 0 Å². The minimum atomic E-state index is -1.06. The van der Waals surface area contributed by atoms with Crippen molar-refractivity contribution < 1.29 is 19.4 Å². The number of aromatic nitrogens is 1. The number of rotatable bonds is 3. The first-order valence-electron chi connectivity index (χ1n) is 9.90. The summed E-state index contributed by atoms with van der Waals surface area (Å²) in [7, 11) is 0. The van der Waals surface area contributed by atoms with Crippen LogP contribution in [0.25, 0.3) is 11.1 Å². The van der Waals surface area contributed by atoms with Crippen molar-refractivity contribution in [2.45, 2.75) is 24.9 Å². The van der Waals surface area contributed by atoms with Crippen molar-refractivity contribution in [3.8, 4) is 11.1 Å². The van der Waals surface area contributed by atoms with Crippen LogP contribution >= 0.6 is 0 Å². The van der Waals surface area contributed by atoms with Crippen molar-refractivity contribution in [1.29, 1.82) is 0 Å². The van der Waals surface area contributed by atoms with Gasteiger partial charge < -0.3 is 9.84 Å². The van der Waals surface area contributed by atoms with Gasteiger partial charge in [0, 0.05) is 24.2 Å². The first-order valence-corrected chi connectivity index (χ1v) is 9.90. The monoisotopic (exact) mass is 400 g/mol. The Kier molecular flexibility index (Phi) is 4.47. The molecule has 1 aromatic heterocycles. The second kappa shape index (κ2) is 7.30. The number of hydrogen-bond donors (Lipinski definition) is 1. The van der Waals surface area contributed by atoms with Gasteiger partial charge in [-0.3, -0.25) is 9.88 Å². The van der Waals surface area contributed by atoms with Crippen LogP contribution in [0.1, 0.15) is 28.3 Å². The zero-order valence-corrected chi connectivity index (χ0v) is 16.2. The number of benzene rings is 2. The van der Waals surface area contributed by atoms with E-state index in [1.54, 1.807) is 12.3 Å². The average molecular weight is 400 g/mol. The molecule has 1 aliphatic carbocycles. The van der Waals surface area contributed by atoms with Gasteiger partial charge in [-0.2, -0.15) is 0 Å². The fraction of sp³-hybridized carbons (Fsp3) is 0.208. The molecule has 1 amide bonds. The number of carbonyl (C=O) groups is 2. The molecule has 0 spiro atoms. The highest BCUT2D eigenvalue weighted by Crippen LogP contribution is 2.44. The Morgan fingerprint density at radius 1 is 1.00 bits per heavy atom. The van der Waals surface area contributed by atoms with Crippen molar-refractivity contribution in [3.05, 3.63) is 89.2 Å². The molecule has 0 radical (unpaired) electrons. The Balaban J connectivity index is 1.38. The van der Waals surface area contributed by atoms with Gasteiger partial charge in [-0.25, -0.2) is 9.59 Å². The van der Waals surface area contributed by atoms with Gasteiger partial charge in [-0.05, 0) is 33.9 Å². The van der Waals surface area contributed by atoms with Gasteiger partial charge in [-0.15, -0.1) is 0 Å². The molecule has 1 N–H and O–H groups in total. The van der Waals surface area contributed by atoms with Crippen LogP contribution in [-0.2, 0) is 22.5 Å². The fourth-order valence-electron chi connectivity index (χ4n) is 4.48. The number of hydrogen-bond acceptors (Lipinski definition) is 4. The van der Waals surface area contributed by atoms with Crippen molar-refractivity contribution in [3.63, 3.8) is 0 Å². The van der Waals surface area contributed by atoms with Crippen molar-refractivity contribution in [2.24, 2.45) is 0 Å². The molecule has 0 fully saturated rings. The molecule has 0 saturated heterocycles. The molecule has 1 aliphatic heterocycles. The lowest BCUT2D eigenvalue weighted by molar-refractivity contribution is -0.143. The van der Waals surface area contributed by atoms with E-state index < -0.39 is 18.1 Å². The fourth-order valence-corrected chi connectivity index (χ4v) is 4.48. The van der Waals surface area contributed by atoms with E-state index in [-0.39, 0.29) is 25.5 Å². The van der Waals surface area contributed by atoms with Crippen LogP contribution in [0, 0.1) is 0 Å². The summed E-state index contributed by atoms with van der Waals surface area (Å²) in [5.41, 5.74) is 6.10. The number of carboxylic acid groups (broad SMARTS) is 1. The lowest BCUT2D eigenvalue weighted by Crippen LogP contribution is -2.49. The predicted octanol–water partition coefficient (Wildman–Crippen LogP) is 3.84. The van der Waals surface area contributed by atoms with E-state index in [9.17, 15) is 14.7 Å². The predicted molar refractivity (Wildman–Crippen MR) is 110 cm³/mol. The van der Waals surface area contributed by atoms with E-state index in [0.717, 1.165) is 27.8 Å². The molecule has 30 heavy (non-hydrogen) atoms. The Labute approximate surface area is 173 Å². The summed E-state index contributed by atoms with van der Waals surface area (Å²) < 4.78 is 5.68. The molecule has 0 unspecified atom stereocenters. The lowest BCUT2D eigenvalue weighted by Gasteiger charge is -2.33. The van der Waals surface area contributed by atoms with E-state index in [0.29, 0.717) is 5.69 Å². The van der Waals surface area contributed by atoms with Crippen LogP contribution in [0.5, 0.6) is 0 Å². The molecular weight excluding hydrogens is 380 g/mol. The summed E-state index contributed by atoms with van der Waals surface area (Å²) in [4.78, 5) is 30.3. The van der Waals surface area contributed by atoms with Gasteiger partial charge >= 0.3 is 12.1 Å². The van der Waals surface area contributed by atoms with Gasteiger partial charge in [0.05, 0.1) is 6.54 Å². The van der Waals surface area contributed by atoms with Crippen LogP contribution in [0.2, 0.25) is 0 Å². The molecule has 6 heteroatoms. The van der Waals surface area contributed by atoms with Crippen molar-refractivity contribution >= 4 is 12.1 Å².